The molecule has 0 amide bonds. The van der Waals surface area contributed by atoms with Crippen molar-refractivity contribution in [2.45, 2.75) is 31.9 Å². The predicted octanol–water partition coefficient (Wildman–Crippen LogP) is 1.72. The summed E-state index contributed by atoms with van der Waals surface area (Å²) in [6, 6.07) is 3.73. The van der Waals surface area contributed by atoms with Gasteiger partial charge < -0.3 is 19.7 Å². The third-order valence-corrected chi connectivity index (χ3v) is 3.99. The highest BCUT2D eigenvalue weighted by Gasteiger charge is 2.29. The molecule has 0 unspecified atom stereocenters. The molecule has 0 saturated heterocycles. The largest absolute Gasteiger partial charge is 0.496 e. The first kappa shape index (κ1) is 16.1. The summed E-state index contributed by atoms with van der Waals surface area (Å²) in [6.07, 6.45) is 2.31. The van der Waals surface area contributed by atoms with Crippen LogP contribution in [0.2, 0.25) is 0 Å². The highest BCUT2D eigenvalue weighted by molar-refractivity contribution is 5.51. The molecule has 2 rings (SSSR count). The van der Waals surface area contributed by atoms with Crippen LogP contribution < -0.4 is 9.47 Å². The van der Waals surface area contributed by atoms with Crippen molar-refractivity contribution in [2.24, 2.45) is 0 Å². The lowest BCUT2D eigenvalue weighted by Crippen LogP contribution is -2.34. The Morgan fingerprint density at radius 3 is 2.52 bits per heavy atom. The van der Waals surface area contributed by atoms with Gasteiger partial charge in [-0.25, -0.2) is 0 Å². The van der Waals surface area contributed by atoms with Crippen LogP contribution in [0.15, 0.2) is 12.1 Å². The molecule has 0 spiro atoms. The van der Waals surface area contributed by atoms with E-state index in [0.29, 0.717) is 6.54 Å². The number of aliphatic hydroxyl groups excluding tert-OH is 2. The molecule has 21 heavy (non-hydrogen) atoms. The first-order chi connectivity index (χ1) is 10.2. The second kappa shape index (κ2) is 7.64. The van der Waals surface area contributed by atoms with Crippen LogP contribution in [-0.2, 0) is 6.54 Å². The number of ether oxygens (including phenoxy) is 2. The Hall–Kier alpha value is -1.30. The van der Waals surface area contributed by atoms with Crippen molar-refractivity contribution in [2.75, 3.05) is 33.9 Å². The number of aliphatic hydroxyl groups is 2. The van der Waals surface area contributed by atoms with Crippen LogP contribution in [0.4, 0.5) is 0 Å². The van der Waals surface area contributed by atoms with Crippen molar-refractivity contribution in [1.29, 1.82) is 0 Å². The molecule has 5 heteroatoms. The maximum absolute atomic E-state index is 10.4. The van der Waals surface area contributed by atoms with E-state index >= 15 is 0 Å². The summed E-state index contributed by atoms with van der Waals surface area (Å²) < 4.78 is 10.8. The zero-order chi connectivity index (χ0) is 15.2. The number of rotatable bonds is 7. The summed E-state index contributed by atoms with van der Waals surface area (Å²) in [5.41, 5.74) is 1.86. The Balaban J connectivity index is 2.14. The molecule has 0 bridgehead atoms. The number of nitrogens with zero attached hydrogens (tertiary/aromatic N) is 1. The number of β-amino-alcohol motifs (C(OH)–C–C–N with tert-alkyl or cyclic N) is 1. The maximum atomic E-state index is 10.4. The SMILES string of the molecule is COc1ccc(OC)c2c1CN(CCCCCO)C[C@@H]2O. The first-order valence-corrected chi connectivity index (χ1v) is 7.46. The third-order valence-electron chi connectivity index (χ3n) is 3.99. The van der Waals surface area contributed by atoms with E-state index in [2.05, 4.69) is 4.90 Å². The van der Waals surface area contributed by atoms with Gasteiger partial charge in [-0.05, 0) is 37.9 Å². The quantitative estimate of drug-likeness (QED) is 0.750. The lowest BCUT2D eigenvalue weighted by Gasteiger charge is -2.34. The summed E-state index contributed by atoms with van der Waals surface area (Å²) in [6.45, 7) is 2.52. The summed E-state index contributed by atoms with van der Waals surface area (Å²) in [5.74, 6) is 1.52. The van der Waals surface area contributed by atoms with E-state index in [-0.39, 0.29) is 6.61 Å². The van der Waals surface area contributed by atoms with Gasteiger partial charge in [0.15, 0.2) is 0 Å². The van der Waals surface area contributed by atoms with E-state index in [9.17, 15) is 5.11 Å². The van der Waals surface area contributed by atoms with E-state index < -0.39 is 6.10 Å². The van der Waals surface area contributed by atoms with Gasteiger partial charge in [0.1, 0.15) is 11.5 Å². The Morgan fingerprint density at radius 1 is 1.14 bits per heavy atom. The first-order valence-electron chi connectivity index (χ1n) is 7.46. The van der Waals surface area contributed by atoms with Crippen LogP contribution in [0.1, 0.15) is 36.5 Å². The molecule has 0 fully saturated rings. The predicted molar refractivity (Wildman–Crippen MR) is 80.7 cm³/mol. The Labute approximate surface area is 126 Å². The number of hydrogen-bond donors (Lipinski definition) is 2. The summed E-state index contributed by atoms with van der Waals surface area (Å²) in [4.78, 5) is 2.23. The smallest absolute Gasteiger partial charge is 0.125 e. The molecule has 1 atom stereocenters. The molecule has 2 N–H and O–H groups in total. The van der Waals surface area contributed by atoms with Gasteiger partial charge in [-0.15, -0.1) is 0 Å². The molecule has 0 saturated carbocycles. The van der Waals surface area contributed by atoms with E-state index in [0.717, 1.165) is 55.0 Å². The minimum absolute atomic E-state index is 0.247. The average Bonchev–Trinajstić information content (AvgIpc) is 2.50. The number of methoxy groups -OCH3 is 2. The Morgan fingerprint density at radius 2 is 1.86 bits per heavy atom. The Kier molecular flexibility index (Phi) is 5.85. The van der Waals surface area contributed by atoms with Crippen LogP contribution >= 0.6 is 0 Å². The molecular weight excluding hydrogens is 270 g/mol. The molecule has 0 aromatic heterocycles. The van der Waals surface area contributed by atoms with Crippen molar-refractivity contribution in [3.8, 4) is 11.5 Å². The van der Waals surface area contributed by atoms with Gasteiger partial charge in [-0.1, -0.05) is 0 Å². The molecule has 1 heterocycles. The monoisotopic (exact) mass is 295 g/mol. The molecule has 5 nitrogen and oxygen atoms in total. The molecule has 118 valence electrons. The molecule has 1 aliphatic heterocycles. The molecule has 1 aromatic carbocycles. The second-order valence-corrected chi connectivity index (χ2v) is 5.40. The number of fused-ring (bicyclic) bond motifs is 1. The van der Waals surface area contributed by atoms with Gasteiger partial charge >= 0.3 is 0 Å². The van der Waals surface area contributed by atoms with Crippen LogP contribution in [0.25, 0.3) is 0 Å². The van der Waals surface area contributed by atoms with Crippen LogP contribution in [0, 0.1) is 0 Å². The van der Waals surface area contributed by atoms with Crippen LogP contribution in [-0.4, -0.2) is 49.0 Å². The van der Waals surface area contributed by atoms with Crippen molar-refractivity contribution in [3.05, 3.63) is 23.3 Å². The van der Waals surface area contributed by atoms with Gasteiger partial charge in [0.2, 0.25) is 0 Å². The molecule has 0 aliphatic carbocycles. The van der Waals surface area contributed by atoms with Crippen molar-refractivity contribution in [1.82, 2.24) is 4.90 Å². The van der Waals surface area contributed by atoms with E-state index in [4.69, 9.17) is 14.6 Å². The molecule has 1 aliphatic rings. The fourth-order valence-corrected chi connectivity index (χ4v) is 2.94. The van der Waals surface area contributed by atoms with Crippen LogP contribution in [0.5, 0.6) is 11.5 Å². The summed E-state index contributed by atoms with van der Waals surface area (Å²) >= 11 is 0. The fraction of sp³-hybridized carbons (Fsp3) is 0.625. The summed E-state index contributed by atoms with van der Waals surface area (Å²) in [5, 5.41) is 19.3. The van der Waals surface area contributed by atoms with Gasteiger partial charge in [0.25, 0.3) is 0 Å². The minimum atomic E-state index is -0.559. The van der Waals surface area contributed by atoms with Gasteiger partial charge in [-0.3, -0.25) is 4.90 Å². The van der Waals surface area contributed by atoms with Crippen molar-refractivity contribution >= 4 is 0 Å². The van der Waals surface area contributed by atoms with Gasteiger partial charge in [0, 0.05) is 30.8 Å². The maximum Gasteiger partial charge on any atom is 0.125 e. The lowest BCUT2D eigenvalue weighted by atomic mass is 9.95. The number of unbranched alkanes of at least 4 members (excludes halogenated alkanes) is 2. The zero-order valence-electron chi connectivity index (χ0n) is 12.8. The van der Waals surface area contributed by atoms with Crippen molar-refractivity contribution in [3.63, 3.8) is 0 Å². The highest BCUT2D eigenvalue weighted by Crippen LogP contribution is 2.39. The van der Waals surface area contributed by atoms with Gasteiger partial charge in [-0.2, -0.15) is 0 Å². The molecule has 1 aromatic rings. The second-order valence-electron chi connectivity index (χ2n) is 5.40. The van der Waals surface area contributed by atoms with Gasteiger partial charge in [0.05, 0.1) is 20.3 Å². The molecule has 0 radical (unpaired) electrons. The fourth-order valence-electron chi connectivity index (χ4n) is 2.94. The summed E-state index contributed by atoms with van der Waals surface area (Å²) in [7, 11) is 3.27. The van der Waals surface area contributed by atoms with E-state index in [1.807, 2.05) is 12.1 Å². The standard InChI is InChI=1S/C16H25NO4/c1-20-14-6-7-15(21-2)16-12(14)10-17(11-13(16)19)8-4-3-5-9-18/h6-7,13,18-19H,3-5,8-11H2,1-2H3/t13-/m0/s1. The number of benzene rings is 1. The average molecular weight is 295 g/mol. The molecular formula is C16H25NO4. The minimum Gasteiger partial charge on any atom is -0.496 e. The lowest BCUT2D eigenvalue weighted by molar-refractivity contribution is 0.0870. The normalized spacial score (nSPS) is 18.4. The number of hydrogen-bond acceptors (Lipinski definition) is 5. The van der Waals surface area contributed by atoms with E-state index in [1.54, 1.807) is 14.2 Å². The van der Waals surface area contributed by atoms with E-state index in [1.165, 1.54) is 0 Å². The third kappa shape index (κ3) is 3.67. The Bertz CT molecular complexity index is 464. The highest BCUT2D eigenvalue weighted by atomic mass is 16.5. The zero-order valence-corrected chi connectivity index (χ0v) is 12.8. The topological polar surface area (TPSA) is 62.2 Å². The van der Waals surface area contributed by atoms with Crippen LogP contribution in [0.3, 0.4) is 0 Å². The van der Waals surface area contributed by atoms with Crippen molar-refractivity contribution < 1.29 is 19.7 Å².